The number of nitrogens with zero attached hydrogens (tertiary/aromatic N) is 1. The van der Waals surface area contributed by atoms with Crippen LogP contribution in [0.25, 0.3) is 0 Å². The third-order valence-corrected chi connectivity index (χ3v) is 2.86. The maximum atomic E-state index is 13.1. The molecule has 17 heavy (non-hydrogen) atoms. The Kier molecular flexibility index (Phi) is 3.71. The Balaban J connectivity index is 2.34. The number of benzene rings is 1. The molecule has 0 fully saturated rings. The molecule has 3 nitrogen and oxygen atoms in total. The Labute approximate surface area is 107 Å². The smallest absolute Gasteiger partial charge is 0.150 e. The minimum Gasteiger partial charge on any atom is -0.454 e. The van der Waals surface area contributed by atoms with Gasteiger partial charge in [-0.05, 0) is 34.1 Å². The highest BCUT2D eigenvalue weighted by Gasteiger charge is 2.07. The molecule has 0 spiro atoms. The lowest BCUT2D eigenvalue weighted by Gasteiger charge is -2.10. The molecule has 5 heteroatoms. The first-order valence-corrected chi connectivity index (χ1v) is 5.76. The summed E-state index contributed by atoms with van der Waals surface area (Å²) in [6, 6.07) is 6.01. The maximum Gasteiger partial charge on any atom is 0.150 e. The largest absolute Gasteiger partial charge is 0.454 e. The Bertz CT molecular complexity index is 534. The number of hydrogen-bond donors (Lipinski definition) is 1. The second-order valence-corrected chi connectivity index (χ2v) is 4.22. The van der Waals surface area contributed by atoms with E-state index in [0.29, 0.717) is 22.5 Å². The van der Waals surface area contributed by atoms with Gasteiger partial charge in [-0.1, -0.05) is 0 Å². The summed E-state index contributed by atoms with van der Waals surface area (Å²) in [5.41, 5.74) is 6.39. The Morgan fingerprint density at radius 2 is 2.12 bits per heavy atom. The second-order valence-electron chi connectivity index (χ2n) is 3.36. The lowest BCUT2D eigenvalue weighted by Crippen LogP contribution is -2.00. The van der Waals surface area contributed by atoms with Crippen molar-refractivity contribution in [1.29, 1.82) is 0 Å². The fraction of sp³-hybridized carbons (Fsp3) is 0.0833. The highest BCUT2D eigenvalue weighted by Crippen LogP contribution is 2.31. The van der Waals surface area contributed by atoms with Crippen LogP contribution in [0.3, 0.4) is 0 Å². The molecule has 0 amide bonds. The molecule has 2 aromatic rings. The average Bonchev–Trinajstić information content (AvgIpc) is 2.34. The van der Waals surface area contributed by atoms with E-state index in [1.807, 2.05) is 0 Å². The zero-order valence-corrected chi connectivity index (χ0v) is 10.4. The molecule has 0 bridgehead atoms. The van der Waals surface area contributed by atoms with E-state index >= 15 is 0 Å². The average molecular weight is 297 g/mol. The van der Waals surface area contributed by atoms with Crippen molar-refractivity contribution >= 4 is 15.9 Å². The van der Waals surface area contributed by atoms with E-state index in [1.165, 1.54) is 12.1 Å². The Morgan fingerprint density at radius 1 is 1.29 bits per heavy atom. The first kappa shape index (κ1) is 12.0. The van der Waals surface area contributed by atoms with E-state index in [0.717, 1.165) is 5.56 Å². The summed E-state index contributed by atoms with van der Waals surface area (Å²) < 4.78 is 19.3. The third-order valence-electron chi connectivity index (χ3n) is 2.20. The van der Waals surface area contributed by atoms with Crippen molar-refractivity contribution in [2.45, 2.75) is 6.54 Å². The molecule has 0 saturated heterocycles. The summed E-state index contributed by atoms with van der Waals surface area (Å²) in [7, 11) is 0. The van der Waals surface area contributed by atoms with Crippen molar-refractivity contribution in [3.05, 3.63) is 52.5 Å². The van der Waals surface area contributed by atoms with Crippen LogP contribution in [-0.2, 0) is 6.54 Å². The van der Waals surface area contributed by atoms with Gasteiger partial charge in [-0.25, -0.2) is 4.39 Å². The monoisotopic (exact) mass is 296 g/mol. The first-order valence-electron chi connectivity index (χ1n) is 4.96. The number of halogens is 2. The molecule has 1 aromatic carbocycles. The minimum atomic E-state index is -0.360. The van der Waals surface area contributed by atoms with Gasteiger partial charge in [0.15, 0.2) is 0 Å². The summed E-state index contributed by atoms with van der Waals surface area (Å²) in [5, 5.41) is 0. The molecular weight excluding hydrogens is 287 g/mol. The van der Waals surface area contributed by atoms with Crippen LogP contribution < -0.4 is 10.5 Å². The molecule has 0 aliphatic rings. The van der Waals surface area contributed by atoms with Gasteiger partial charge in [0.1, 0.15) is 17.3 Å². The number of aromatic nitrogens is 1. The predicted octanol–water partition coefficient (Wildman–Crippen LogP) is 3.23. The van der Waals surface area contributed by atoms with Crippen molar-refractivity contribution in [2.24, 2.45) is 5.73 Å². The molecule has 0 saturated carbocycles. The number of nitrogens with two attached hydrogens (primary N) is 1. The van der Waals surface area contributed by atoms with Crippen LogP contribution in [0, 0.1) is 5.82 Å². The lowest BCUT2D eigenvalue weighted by molar-refractivity contribution is 0.465. The highest BCUT2D eigenvalue weighted by atomic mass is 79.9. The van der Waals surface area contributed by atoms with E-state index < -0.39 is 0 Å². The third kappa shape index (κ3) is 2.81. The molecule has 0 atom stereocenters. The van der Waals surface area contributed by atoms with Gasteiger partial charge >= 0.3 is 0 Å². The molecule has 0 aliphatic heterocycles. The van der Waals surface area contributed by atoms with Gasteiger partial charge in [0.2, 0.25) is 0 Å². The van der Waals surface area contributed by atoms with Crippen LogP contribution in [0.5, 0.6) is 11.5 Å². The SMILES string of the molecule is NCc1ccncc1Oc1cc(F)ccc1Br. The summed E-state index contributed by atoms with van der Waals surface area (Å²) in [6.07, 6.45) is 3.19. The van der Waals surface area contributed by atoms with Crippen LogP contribution in [-0.4, -0.2) is 4.98 Å². The normalized spacial score (nSPS) is 10.3. The second kappa shape index (κ2) is 5.25. The summed E-state index contributed by atoms with van der Waals surface area (Å²) >= 11 is 3.29. The van der Waals surface area contributed by atoms with E-state index in [-0.39, 0.29) is 5.82 Å². The fourth-order valence-electron chi connectivity index (χ4n) is 1.34. The molecule has 88 valence electrons. The van der Waals surface area contributed by atoms with E-state index in [2.05, 4.69) is 20.9 Å². The summed E-state index contributed by atoms with van der Waals surface area (Å²) in [6.45, 7) is 0.338. The van der Waals surface area contributed by atoms with Crippen LogP contribution in [0.4, 0.5) is 4.39 Å². The number of pyridine rings is 1. The van der Waals surface area contributed by atoms with Gasteiger partial charge in [0.25, 0.3) is 0 Å². The van der Waals surface area contributed by atoms with Gasteiger partial charge in [0.05, 0.1) is 10.7 Å². The van der Waals surface area contributed by atoms with Gasteiger partial charge in [-0.15, -0.1) is 0 Å². The molecular formula is C12H10BrFN2O. The molecule has 0 unspecified atom stereocenters. The van der Waals surface area contributed by atoms with Crippen molar-refractivity contribution in [1.82, 2.24) is 4.98 Å². The molecule has 0 aliphatic carbocycles. The van der Waals surface area contributed by atoms with Gasteiger partial charge in [0, 0.05) is 24.4 Å². The minimum absolute atomic E-state index is 0.338. The Hall–Kier alpha value is -1.46. The zero-order chi connectivity index (χ0) is 12.3. The van der Waals surface area contributed by atoms with E-state index in [9.17, 15) is 4.39 Å². The van der Waals surface area contributed by atoms with Crippen LogP contribution in [0.1, 0.15) is 5.56 Å². The van der Waals surface area contributed by atoms with Crippen molar-refractivity contribution in [3.8, 4) is 11.5 Å². The van der Waals surface area contributed by atoms with Crippen molar-refractivity contribution in [2.75, 3.05) is 0 Å². The number of rotatable bonds is 3. The zero-order valence-electron chi connectivity index (χ0n) is 8.86. The molecule has 2 rings (SSSR count). The fourth-order valence-corrected chi connectivity index (χ4v) is 1.67. The first-order chi connectivity index (χ1) is 8.20. The summed E-state index contributed by atoms with van der Waals surface area (Å²) in [4.78, 5) is 3.95. The van der Waals surface area contributed by atoms with Crippen molar-refractivity contribution < 1.29 is 9.13 Å². The lowest BCUT2D eigenvalue weighted by atomic mass is 10.2. The van der Waals surface area contributed by atoms with Gasteiger partial charge < -0.3 is 10.5 Å². The van der Waals surface area contributed by atoms with Gasteiger partial charge in [-0.3, -0.25) is 4.98 Å². The topological polar surface area (TPSA) is 48.1 Å². The van der Waals surface area contributed by atoms with Crippen LogP contribution >= 0.6 is 15.9 Å². The molecule has 2 N–H and O–H groups in total. The predicted molar refractivity (Wildman–Crippen MR) is 66.3 cm³/mol. The standard InChI is InChI=1S/C12H10BrFN2O/c13-10-2-1-9(14)5-11(10)17-12-7-16-4-3-8(12)6-15/h1-5,7H,6,15H2. The summed E-state index contributed by atoms with van der Waals surface area (Å²) in [5.74, 6) is 0.565. The van der Waals surface area contributed by atoms with E-state index in [1.54, 1.807) is 24.5 Å². The number of ether oxygens (including phenoxy) is 1. The van der Waals surface area contributed by atoms with E-state index in [4.69, 9.17) is 10.5 Å². The highest BCUT2D eigenvalue weighted by molar-refractivity contribution is 9.10. The molecule has 0 radical (unpaired) electrons. The van der Waals surface area contributed by atoms with Crippen LogP contribution in [0.2, 0.25) is 0 Å². The van der Waals surface area contributed by atoms with Crippen molar-refractivity contribution in [3.63, 3.8) is 0 Å². The maximum absolute atomic E-state index is 13.1. The molecule has 1 aromatic heterocycles. The molecule has 1 heterocycles. The van der Waals surface area contributed by atoms with Crippen LogP contribution in [0.15, 0.2) is 41.1 Å². The quantitative estimate of drug-likeness (QED) is 0.946. The Morgan fingerprint density at radius 3 is 2.88 bits per heavy atom. The number of hydrogen-bond acceptors (Lipinski definition) is 3. The van der Waals surface area contributed by atoms with Gasteiger partial charge in [-0.2, -0.15) is 0 Å².